The molecular formula is C25H31FN4O3. The van der Waals surface area contributed by atoms with Gasteiger partial charge in [-0.15, -0.1) is 0 Å². The van der Waals surface area contributed by atoms with Gasteiger partial charge in [0, 0.05) is 44.2 Å². The van der Waals surface area contributed by atoms with Gasteiger partial charge in [0.2, 0.25) is 0 Å². The lowest BCUT2D eigenvalue weighted by atomic mass is 9.97. The summed E-state index contributed by atoms with van der Waals surface area (Å²) < 4.78 is 24.4. The van der Waals surface area contributed by atoms with Crippen LogP contribution in [0, 0.1) is 5.82 Å². The molecule has 1 saturated heterocycles. The van der Waals surface area contributed by atoms with E-state index in [0.29, 0.717) is 24.5 Å². The maximum Gasteiger partial charge on any atom is 0.257 e. The quantitative estimate of drug-likeness (QED) is 0.643. The summed E-state index contributed by atoms with van der Waals surface area (Å²) in [6, 6.07) is 11.5. The average molecular weight is 455 g/mol. The number of methoxy groups -OCH3 is 2. The molecule has 0 radical (unpaired) electrons. The van der Waals surface area contributed by atoms with Gasteiger partial charge in [-0.05, 0) is 36.4 Å². The molecule has 1 fully saturated rings. The molecule has 2 heterocycles. The van der Waals surface area contributed by atoms with Crippen molar-refractivity contribution in [3.63, 3.8) is 0 Å². The summed E-state index contributed by atoms with van der Waals surface area (Å²) in [5.41, 5.74) is 2.42. The van der Waals surface area contributed by atoms with Gasteiger partial charge in [0.05, 0.1) is 32.5 Å². The Balaban J connectivity index is 1.60. The topological polar surface area (TPSA) is 57.6 Å². The van der Waals surface area contributed by atoms with Crippen molar-refractivity contribution in [3.05, 3.63) is 59.4 Å². The molecule has 4 rings (SSSR count). The third kappa shape index (κ3) is 5.17. The minimum Gasteiger partial charge on any atom is -0.497 e. The Bertz CT molecular complexity index is 1000. The predicted octanol–water partition coefficient (Wildman–Crippen LogP) is 3.16. The Morgan fingerprint density at radius 1 is 1.03 bits per heavy atom. The SMILES string of the molecule is CCN1CCN(CC(=O)N2N=C(c3ccc(F)cc3)C[C@H]2c2ccc(OC)cc2OC)CC1. The van der Waals surface area contributed by atoms with Gasteiger partial charge in [0.1, 0.15) is 17.3 Å². The molecule has 1 amide bonds. The van der Waals surface area contributed by atoms with Crippen molar-refractivity contribution in [2.75, 3.05) is 53.5 Å². The molecule has 33 heavy (non-hydrogen) atoms. The number of hydrogen-bond donors (Lipinski definition) is 0. The number of hydrogen-bond acceptors (Lipinski definition) is 6. The van der Waals surface area contributed by atoms with E-state index in [1.807, 2.05) is 18.2 Å². The number of ether oxygens (including phenoxy) is 2. The first-order valence-corrected chi connectivity index (χ1v) is 11.3. The maximum atomic E-state index is 13.5. The van der Waals surface area contributed by atoms with Crippen molar-refractivity contribution in [1.82, 2.24) is 14.8 Å². The molecular weight excluding hydrogens is 423 g/mol. The lowest BCUT2D eigenvalue weighted by Gasteiger charge is -2.34. The second-order valence-electron chi connectivity index (χ2n) is 8.33. The second-order valence-corrected chi connectivity index (χ2v) is 8.33. The molecule has 1 atom stereocenters. The molecule has 2 aliphatic rings. The van der Waals surface area contributed by atoms with Crippen LogP contribution >= 0.6 is 0 Å². The predicted molar refractivity (Wildman–Crippen MR) is 125 cm³/mol. The lowest BCUT2D eigenvalue weighted by molar-refractivity contribution is -0.134. The molecule has 0 bridgehead atoms. The minimum atomic E-state index is -0.310. The van der Waals surface area contributed by atoms with E-state index >= 15 is 0 Å². The summed E-state index contributed by atoms with van der Waals surface area (Å²) in [6.45, 7) is 7.14. The van der Waals surface area contributed by atoms with Crippen LogP contribution in [0.3, 0.4) is 0 Å². The highest BCUT2D eigenvalue weighted by Gasteiger charge is 2.35. The van der Waals surface area contributed by atoms with E-state index in [-0.39, 0.29) is 17.8 Å². The highest BCUT2D eigenvalue weighted by molar-refractivity contribution is 6.03. The molecule has 7 nitrogen and oxygen atoms in total. The van der Waals surface area contributed by atoms with Gasteiger partial charge in [-0.25, -0.2) is 9.40 Å². The van der Waals surface area contributed by atoms with Crippen molar-refractivity contribution in [1.29, 1.82) is 0 Å². The van der Waals surface area contributed by atoms with Gasteiger partial charge in [-0.2, -0.15) is 5.10 Å². The van der Waals surface area contributed by atoms with E-state index in [9.17, 15) is 9.18 Å². The van der Waals surface area contributed by atoms with E-state index in [4.69, 9.17) is 14.6 Å². The van der Waals surface area contributed by atoms with E-state index in [0.717, 1.165) is 49.6 Å². The number of likely N-dealkylation sites (N-methyl/N-ethyl adjacent to an activating group) is 1. The number of hydrazone groups is 1. The highest BCUT2D eigenvalue weighted by Crippen LogP contribution is 2.39. The lowest BCUT2D eigenvalue weighted by Crippen LogP contribution is -2.49. The van der Waals surface area contributed by atoms with Crippen molar-refractivity contribution in [3.8, 4) is 11.5 Å². The van der Waals surface area contributed by atoms with Crippen molar-refractivity contribution < 1.29 is 18.7 Å². The summed E-state index contributed by atoms with van der Waals surface area (Å²) in [5.74, 6) is 0.967. The summed E-state index contributed by atoms with van der Waals surface area (Å²) in [4.78, 5) is 18.0. The number of piperazine rings is 1. The van der Waals surface area contributed by atoms with E-state index in [1.165, 1.54) is 12.1 Å². The zero-order chi connectivity index (χ0) is 23.4. The van der Waals surface area contributed by atoms with E-state index in [2.05, 4.69) is 16.7 Å². The van der Waals surface area contributed by atoms with Crippen LogP contribution in [0.4, 0.5) is 4.39 Å². The number of amides is 1. The van der Waals surface area contributed by atoms with Gasteiger partial charge in [-0.1, -0.05) is 19.1 Å². The maximum absolute atomic E-state index is 13.5. The number of rotatable bonds is 7. The first-order chi connectivity index (χ1) is 16.0. The Hall–Kier alpha value is -2.97. The van der Waals surface area contributed by atoms with Crippen molar-refractivity contribution in [2.24, 2.45) is 5.10 Å². The molecule has 176 valence electrons. The molecule has 8 heteroatoms. The zero-order valence-electron chi connectivity index (χ0n) is 19.5. The Morgan fingerprint density at radius 3 is 2.36 bits per heavy atom. The fourth-order valence-electron chi connectivity index (χ4n) is 4.42. The average Bonchev–Trinajstić information content (AvgIpc) is 3.30. The molecule has 0 spiro atoms. The van der Waals surface area contributed by atoms with Crippen LogP contribution in [0.5, 0.6) is 11.5 Å². The molecule has 0 aromatic heterocycles. The molecule has 0 unspecified atom stereocenters. The van der Waals surface area contributed by atoms with Gasteiger partial charge in [0.25, 0.3) is 5.91 Å². The van der Waals surface area contributed by atoms with Crippen molar-refractivity contribution >= 4 is 11.6 Å². The van der Waals surface area contributed by atoms with Gasteiger partial charge >= 0.3 is 0 Å². The molecule has 0 saturated carbocycles. The fourth-order valence-corrected chi connectivity index (χ4v) is 4.42. The smallest absolute Gasteiger partial charge is 0.257 e. The molecule has 2 aliphatic heterocycles. The Morgan fingerprint density at radius 2 is 1.73 bits per heavy atom. The molecule has 0 N–H and O–H groups in total. The van der Waals surface area contributed by atoms with Crippen LogP contribution in [0.1, 0.15) is 30.5 Å². The van der Waals surface area contributed by atoms with Crippen LogP contribution in [0.25, 0.3) is 0 Å². The van der Waals surface area contributed by atoms with Crippen LogP contribution in [-0.4, -0.2) is 79.9 Å². The number of nitrogens with zero attached hydrogens (tertiary/aromatic N) is 4. The fraction of sp³-hybridized carbons (Fsp3) is 0.440. The second kappa shape index (κ2) is 10.3. The van der Waals surface area contributed by atoms with Crippen LogP contribution < -0.4 is 9.47 Å². The molecule has 2 aromatic rings. The zero-order valence-corrected chi connectivity index (χ0v) is 19.5. The number of carbonyl (C=O) groups excluding carboxylic acids is 1. The summed E-state index contributed by atoms with van der Waals surface area (Å²) in [5, 5.41) is 6.29. The number of halogens is 1. The standard InChI is InChI=1S/C25H31FN4O3/c1-4-28-11-13-29(14-12-28)17-25(31)30-23(21-10-9-20(32-2)15-24(21)33-3)16-22(27-30)18-5-7-19(26)8-6-18/h5-10,15,23H,4,11-14,16-17H2,1-3H3/t23-/m0/s1. The Kier molecular flexibility index (Phi) is 7.25. The van der Waals surface area contributed by atoms with Crippen LogP contribution in [0.2, 0.25) is 0 Å². The van der Waals surface area contributed by atoms with Crippen molar-refractivity contribution in [2.45, 2.75) is 19.4 Å². The third-order valence-corrected chi connectivity index (χ3v) is 6.41. The normalized spacial score (nSPS) is 19.5. The van der Waals surface area contributed by atoms with Gasteiger partial charge in [-0.3, -0.25) is 9.69 Å². The summed E-state index contributed by atoms with van der Waals surface area (Å²) in [6.07, 6.45) is 0.518. The first kappa shape index (κ1) is 23.2. The number of carbonyl (C=O) groups is 1. The van der Waals surface area contributed by atoms with Gasteiger partial charge in [0.15, 0.2) is 0 Å². The van der Waals surface area contributed by atoms with Crippen LogP contribution in [-0.2, 0) is 4.79 Å². The van der Waals surface area contributed by atoms with E-state index < -0.39 is 0 Å². The minimum absolute atomic E-state index is 0.0556. The summed E-state index contributed by atoms with van der Waals surface area (Å²) >= 11 is 0. The third-order valence-electron chi connectivity index (χ3n) is 6.41. The molecule has 2 aromatic carbocycles. The largest absolute Gasteiger partial charge is 0.497 e. The Labute approximate surface area is 194 Å². The van der Waals surface area contributed by atoms with Crippen LogP contribution in [0.15, 0.2) is 47.6 Å². The first-order valence-electron chi connectivity index (χ1n) is 11.3. The highest BCUT2D eigenvalue weighted by atomic mass is 19.1. The van der Waals surface area contributed by atoms with Gasteiger partial charge < -0.3 is 14.4 Å². The monoisotopic (exact) mass is 454 g/mol. The number of benzene rings is 2. The van der Waals surface area contributed by atoms with E-state index in [1.54, 1.807) is 31.4 Å². The summed E-state index contributed by atoms with van der Waals surface area (Å²) in [7, 11) is 3.21. The molecule has 0 aliphatic carbocycles.